The lowest BCUT2D eigenvalue weighted by atomic mass is 9.94. The van der Waals surface area contributed by atoms with Crippen molar-refractivity contribution in [1.29, 1.82) is 0 Å². The fourth-order valence-corrected chi connectivity index (χ4v) is 3.52. The molecule has 2 heterocycles. The van der Waals surface area contributed by atoms with Gasteiger partial charge in [0, 0.05) is 18.1 Å². The third-order valence-electron chi connectivity index (χ3n) is 5.19. The molecule has 0 bridgehead atoms. The Labute approximate surface area is 155 Å². The van der Waals surface area contributed by atoms with Crippen LogP contribution in [0, 0.1) is 13.8 Å². The van der Waals surface area contributed by atoms with Crippen LogP contribution in [-0.4, -0.2) is 16.0 Å². The molecule has 1 aliphatic rings. The minimum Gasteiger partial charge on any atom is -0.363 e. The smallest absolute Gasteiger partial charge is 0.363 e. The third kappa shape index (κ3) is 3.31. The van der Waals surface area contributed by atoms with Crippen molar-refractivity contribution in [3.63, 3.8) is 0 Å². The van der Waals surface area contributed by atoms with Crippen molar-refractivity contribution in [2.24, 2.45) is 0 Å². The van der Waals surface area contributed by atoms with Crippen molar-refractivity contribution in [2.45, 2.75) is 38.5 Å². The van der Waals surface area contributed by atoms with Crippen molar-refractivity contribution in [1.82, 2.24) is 9.78 Å². The highest BCUT2D eigenvalue weighted by Gasteiger charge is 2.46. The Hall–Kier alpha value is -2.76. The number of halogens is 3. The Morgan fingerprint density at radius 3 is 2.41 bits per heavy atom. The van der Waals surface area contributed by atoms with E-state index >= 15 is 0 Å². The predicted octanol–water partition coefficient (Wildman–Crippen LogP) is 5.83. The molecule has 2 atom stereocenters. The predicted molar refractivity (Wildman–Crippen MR) is 99.7 cm³/mol. The van der Waals surface area contributed by atoms with Crippen molar-refractivity contribution >= 4 is 5.82 Å². The van der Waals surface area contributed by atoms with E-state index in [4.69, 9.17) is 0 Å². The average Bonchev–Trinajstić information content (AvgIpc) is 3.07. The minimum atomic E-state index is -4.37. The van der Waals surface area contributed by atoms with Gasteiger partial charge in [0.05, 0.1) is 11.7 Å². The molecule has 6 heteroatoms. The molecule has 0 spiro atoms. The molecule has 3 aromatic rings. The van der Waals surface area contributed by atoms with Crippen molar-refractivity contribution in [3.05, 3.63) is 71.3 Å². The van der Waals surface area contributed by atoms with Crippen LogP contribution in [0.5, 0.6) is 0 Å². The molecule has 2 unspecified atom stereocenters. The molecule has 0 saturated heterocycles. The lowest BCUT2D eigenvalue weighted by molar-refractivity contribution is -0.173. The van der Waals surface area contributed by atoms with Crippen molar-refractivity contribution in [3.8, 4) is 11.3 Å². The summed E-state index contributed by atoms with van der Waals surface area (Å²) in [7, 11) is 0. The quantitative estimate of drug-likeness (QED) is 0.614. The van der Waals surface area contributed by atoms with Crippen LogP contribution in [0.4, 0.5) is 19.0 Å². The highest BCUT2D eigenvalue weighted by molar-refractivity contribution is 5.63. The molecular weight excluding hydrogens is 351 g/mol. The van der Waals surface area contributed by atoms with Crippen molar-refractivity contribution < 1.29 is 13.2 Å². The second-order valence-corrected chi connectivity index (χ2v) is 7.06. The Bertz CT molecular complexity index is 961. The van der Waals surface area contributed by atoms with Gasteiger partial charge in [0.1, 0.15) is 5.82 Å². The van der Waals surface area contributed by atoms with Gasteiger partial charge in [-0.2, -0.15) is 18.3 Å². The zero-order valence-corrected chi connectivity index (χ0v) is 15.1. The van der Waals surface area contributed by atoms with Crippen LogP contribution in [-0.2, 0) is 0 Å². The normalized spacial score (nSPS) is 19.4. The van der Waals surface area contributed by atoms with Gasteiger partial charge in [-0.1, -0.05) is 48.5 Å². The lowest BCUT2D eigenvalue weighted by Gasteiger charge is -2.33. The first-order valence-corrected chi connectivity index (χ1v) is 8.88. The van der Waals surface area contributed by atoms with E-state index in [9.17, 15) is 13.2 Å². The zero-order chi connectivity index (χ0) is 19.2. The number of benzene rings is 2. The van der Waals surface area contributed by atoms with Crippen LogP contribution in [0.3, 0.4) is 0 Å². The van der Waals surface area contributed by atoms with E-state index in [0.29, 0.717) is 11.5 Å². The first-order valence-electron chi connectivity index (χ1n) is 8.88. The number of rotatable bonds is 2. The number of hydrogen-bond donors (Lipinski definition) is 1. The van der Waals surface area contributed by atoms with E-state index in [1.165, 1.54) is 0 Å². The Kier molecular flexibility index (Phi) is 4.21. The van der Waals surface area contributed by atoms with Gasteiger partial charge in [0.25, 0.3) is 0 Å². The number of aromatic nitrogens is 2. The summed E-state index contributed by atoms with van der Waals surface area (Å²) >= 11 is 0. The van der Waals surface area contributed by atoms with E-state index in [1.807, 2.05) is 62.4 Å². The van der Waals surface area contributed by atoms with Crippen molar-refractivity contribution in [2.75, 3.05) is 5.32 Å². The summed E-state index contributed by atoms with van der Waals surface area (Å²) in [6.07, 6.45) is -4.45. The Balaban J connectivity index is 1.76. The summed E-state index contributed by atoms with van der Waals surface area (Å²) in [5, 5.41) is 7.52. The molecule has 0 aliphatic carbocycles. The fraction of sp³-hybridized carbons (Fsp3) is 0.286. The summed E-state index contributed by atoms with van der Waals surface area (Å²) in [4.78, 5) is 0. The minimum absolute atomic E-state index is 0.0884. The van der Waals surface area contributed by atoms with E-state index in [2.05, 4.69) is 10.4 Å². The van der Waals surface area contributed by atoms with Gasteiger partial charge in [-0.05, 0) is 30.5 Å². The van der Waals surface area contributed by atoms with E-state index in [1.54, 1.807) is 6.07 Å². The maximum Gasteiger partial charge on any atom is 0.410 e. The number of fused-ring (bicyclic) bond motifs is 1. The first kappa shape index (κ1) is 17.6. The summed E-state index contributed by atoms with van der Waals surface area (Å²) in [6.45, 7) is 3.97. The molecule has 1 aliphatic heterocycles. The van der Waals surface area contributed by atoms with Gasteiger partial charge in [-0.15, -0.1) is 0 Å². The monoisotopic (exact) mass is 371 g/mol. The fourth-order valence-electron chi connectivity index (χ4n) is 3.52. The summed E-state index contributed by atoms with van der Waals surface area (Å²) in [5.74, 6) is 0.394. The van der Waals surface area contributed by atoms with E-state index < -0.39 is 18.3 Å². The summed E-state index contributed by atoms with van der Waals surface area (Å²) in [5.41, 5.74) is 4.39. The van der Waals surface area contributed by atoms with Gasteiger partial charge >= 0.3 is 6.18 Å². The molecule has 1 N–H and O–H groups in total. The Morgan fingerprint density at radius 1 is 1.00 bits per heavy atom. The van der Waals surface area contributed by atoms with Gasteiger partial charge in [-0.25, -0.2) is 4.68 Å². The number of nitrogens with zero attached hydrogens (tertiary/aromatic N) is 2. The highest BCUT2D eigenvalue weighted by Crippen LogP contribution is 2.44. The van der Waals surface area contributed by atoms with Crippen LogP contribution in [0.15, 0.2) is 54.6 Å². The number of aryl methyl sites for hydroxylation is 2. The van der Waals surface area contributed by atoms with Gasteiger partial charge in [-0.3, -0.25) is 0 Å². The molecule has 1 aromatic heterocycles. The molecule has 27 heavy (non-hydrogen) atoms. The van der Waals surface area contributed by atoms with Gasteiger partial charge < -0.3 is 5.32 Å². The molecule has 3 nitrogen and oxygen atoms in total. The first-order chi connectivity index (χ1) is 12.8. The molecular formula is C21H20F3N3. The van der Waals surface area contributed by atoms with Crippen LogP contribution in [0.2, 0.25) is 0 Å². The molecule has 0 saturated carbocycles. The van der Waals surface area contributed by atoms with E-state index in [-0.39, 0.29) is 6.42 Å². The van der Waals surface area contributed by atoms with Crippen LogP contribution in [0.1, 0.15) is 35.2 Å². The molecule has 0 radical (unpaired) electrons. The van der Waals surface area contributed by atoms with Crippen LogP contribution >= 0.6 is 0 Å². The lowest BCUT2D eigenvalue weighted by Crippen LogP contribution is -2.35. The molecule has 0 amide bonds. The average molecular weight is 371 g/mol. The zero-order valence-electron chi connectivity index (χ0n) is 15.1. The van der Waals surface area contributed by atoms with Gasteiger partial charge in [0.15, 0.2) is 6.04 Å². The highest BCUT2D eigenvalue weighted by atomic mass is 19.4. The topological polar surface area (TPSA) is 29.9 Å². The largest absolute Gasteiger partial charge is 0.410 e. The standard InChI is InChI=1S/C21H20F3N3/c1-13-8-9-16(10-14(13)2)17-11-19(21(22,23)24)27-20(25-17)12-18(26-27)15-6-4-3-5-7-15/h3-10,12,17,19,25H,11H2,1-2H3. The number of hydrogen-bond acceptors (Lipinski definition) is 2. The second-order valence-electron chi connectivity index (χ2n) is 7.06. The van der Waals surface area contributed by atoms with Gasteiger partial charge in [0.2, 0.25) is 0 Å². The second kappa shape index (κ2) is 6.44. The molecule has 2 aromatic carbocycles. The maximum absolute atomic E-state index is 13.8. The van der Waals surface area contributed by atoms with Crippen LogP contribution < -0.4 is 5.32 Å². The molecule has 140 valence electrons. The number of alkyl halides is 3. The number of nitrogens with one attached hydrogen (secondary N) is 1. The molecule has 4 rings (SSSR count). The summed E-state index contributed by atoms with van der Waals surface area (Å²) in [6, 6.07) is 14.7. The summed E-state index contributed by atoms with van der Waals surface area (Å²) < 4.78 is 42.4. The van der Waals surface area contributed by atoms with E-state index in [0.717, 1.165) is 26.9 Å². The third-order valence-corrected chi connectivity index (χ3v) is 5.19. The SMILES string of the molecule is Cc1ccc(C2CC(C(F)(F)F)n3nc(-c4ccccc4)cc3N2)cc1C. The Morgan fingerprint density at radius 2 is 1.74 bits per heavy atom. The molecule has 0 fully saturated rings. The number of anilines is 1. The maximum atomic E-state index is 13.8. The van der Waals surface area contributed by atoms with Crippen LogP contribution in [0.25, 0.3) is 11.3 Å².